The third-order valence-electron chi connectivity index (χ3n) is 5.48. The Hall–Kier alpha value is -2.29. The highest BCUT2D eigenvalue weighted by Crippen LogP contribution is 2.37. The number of halogens is 2. The van der Waals surface area contributed by atoms with Crippen molar-refractivity contribution in [3.05, 3.63) is 35.3 Å². The Bertz CT molecular complexity index is 838. The average Bonchev–Trinajstić information content (AvgIpc) is 3.33. The van der Waals surface area contributed by atoms with Gasteiger partial charge in [0, 0.05) is 36.9 Å². The van der Waals surface area contributed by atoms with E-state index in [4.69, 9.17) is 4.74 Å². The summed E-state index contributed by atoms with van der Waals surface area (Å²) < 4.78 is 34.8. The molecule has 2 aliphatic heterocycles. The molecule has 156 valence electrons. The molecule has 6 nitrogen and oxygen atoms in total. The van der Waals surface area contributed by atoms with Crippen LogP contribution in [-0.4, -0.2) is 50.0 Å². The standard InChI is InChI=1S/C20H23F2N3O3S/c1-11-5-14(10-29-11)24(2)18-16(21)6-13(7-17(18)22)25-9-15(28-20(25)27)8-23-19(26)12-3-4-12/h6-7,12,14-15H,1,3-5,8-10H2,2H3,(H,23,26). The molecule has 0 radical (unpaired) electrons. The molecule has 2 unspecified atom stereocenters. The monoisotopic (exact) mass is 423 g/mol. The molecule has 3 aliphatic rings. The van der Waals surface area contributed by atoms with Gasteiger partial charge >= 0.3 is 6.09 Å². The summed E-state index contributed by atoms with van der Waals surface area (Å²) in [5, 5.41) is 2.75. The summed E-state index contributed by atoms with van der Waals surface area (Å²) >= 11 is 1.60. The number of cyclic esters (lactones) is 1. The minimum Gasteiger partial charge on any atom is -0.442 e. The van der Waals surface area contributed by atoms with Crippen LogP contribution in [0.1, 0.15) is 19.3 Å². The maximum absolute atomic E-state index is 14.8. The van der Waals surface area contributed by atoms with E-state index in [2.05, 4.69) is 11.9 Å². The van der Waals surface area contributed by atoms with Gasteiger partial charge in [-0.25, -0.2) is 13.6 Å². The lowest BCUT2D eigenvalue weighted by Crippen LogP contribution is -2.35. The van der Waals surface area contributed by atoms with E-state index in [-0.39, 0.29) is 42.3 Å². The van der Waals surface area contributed by atoms with Gasteiger partial charge < -0.3 is 15.0 Å². The molecule has 4 rings (SSSR count). The number of carbonyl (C=O) groups is 2. The van der Waals surface area contributed by atoms with Crippen molar-refractivity contribution < 1.29 is 23.1 Å². The maximum atomic E-state index is 14.8. The molecule has 1 aliphatic carbocycles. The molecule has 2 heterocycles. The van der Waals surface area contributed by atoms with Crippen molar-refractivity contribution in [1.82, 2.24) is 5.32 Å². The van der Waals surface area contributed by atoms with Crippen molar-refractivity contribution in [1.29, 1.82) is 0 Å². The van der Waals surface area contributed by atoms with Crippen molar-refractivity contribution in [2.45, 2.75) is 31.4 Å². The molecule has 1 aromatic carbocycles. The van der Waals surface area contributed by atoms with Crippen molar-refractivity contribution in [3.63, 3.8) is 0 Å². The van der Waals surface area contributed by atoms with Gasteiger partial charge in [-0.05, 0) is 24.2 Å². The summed E-state index contributed by atoms with van der Waals surface area (Å²) in [4.78, 5) is 27.7. The zero-order valence-electron chi connectivity index (χ0n) is 16.1. The van der Waals surface area contributed by atoms with Crippen LogP contribution in [-0.2, 0) is 9.53 Å². The topological polar surface area (TPSA) is 61.9 Å². The molecular formula is C20H23F2N3O3S. The lowest BCUT2D eigenvalue weighted by molar-refractivity contribution is -0.122. The predicted molar refractivity (Wildman–Crippen MR) is 108 cm³/mol. The average molecular weight is 423 g/mol. The molecule has 0 aromatic heterocycles. The Morgan fingerprint density at radius 1 is 1.38 bits per heavy atom. The van der Waals surface area contributed by atoms with Crippen LogP contribution in [0.15, 0.2) is 23.6 Å². The van der Waals surface area contributed by atoms with Gasteiger partial charge in [-0.15, -0.1) is 11.8 Å². The van der Waals surface area contributed by atoms with Gasteiger partial charge in [0.2, 0.25) is 5.91 Å². The van der Waals surface area contributed by atoms with Crippen molar-refractivity contribution in [2.24, 2.45) is 5.92 Å². The van der Waals surface area contributed by atoms with Gasteiger partial charge in [0.05, 0.1) is 18.8 Å². The number of anilines is 2. The number of hydrogen-bond donors (Lipinski definition) is 1. The SMILES string of the molecule is C=C1CC(N(C)c2c(F)cc(N3CC(CNC(=O)C4CC4)OC3=O)cc2F)CS1. The van der Waals surface area contributed by atoms with Crippen LogP contribution in [0.5, 0.6) is 0 Å². The van der Waals surface area contributed by atoms with Crippen LogP contribution >= 0.6 is 11.8 Å². The zero-order chi connectivity index (χ0) is 20.7. The second kappa shape index (κ2) is 7.85. The summed E-state index contributed by atoms with van der Waals surface area (Å²) in [6, 6.07) is 2.27. The summed E-state index contributed by atoms with van der Waals surface area (Å²) in [7, 11) is 1.66. The number of rotatable bonds is 6. The number of carbonyl (C=O) groups excluding carboxylic acids is 2. The first kappa shape index (κ1) is 20.0. The predicted octanol–water partition coefficient (Wildman–Crippen LogP) is 3.27. The molecule has 9 heteroatoms. The Balaban J connectivity index is 1.45. The first-order valence-corrected chi connectivity index (χ1v) is 10.6. The van der Waals surface area contributed by atoms with Crippen molar-refractivity contribution in [2.75, 3.05) is 35.7 Å². The summed E-state index contributed by atoms with van der Waals surface area (Å²) in [6.07, 6.45) is 1.21. The molecule has 2 atom stereocenters. The van der Waals surface area contributed by atoms with Crippen LogP contribution in [0.3, 0.4) is 0 Å². The third kappa shape index (κ3) is 4.19. The first-order valence-electron chi connectivity index (χ1n) is 9.61. The fourth-order valence-electron chi connectivity index (χ4n) is 3.61. The van der Waals surface area contributed by atoms with Crippen molar-refractivity contribution >= 4 is 35.1 Å². The Kier molecular flexibility index (Phi) is 5.42. The highest BCUT2D eigenvalue weighted by molar-refractivity contribution is 8.03. The maximum Gasteiger partial charge on any atom is 0.414 e. The molecular weight excluding hydrogens is 400 g/mol. The van der Waals surface area contributed by atoms with E-state index in [1.807, 2.05) is 0 Å². The number of amides is 2. The number of nitrogens with one attached hydrogen (secondary N) is 1. The molecule has 2 saturated heterocycles. The lowest BCUT2D eigenvalue weighted by Gasteiger charge is -2.27. The Labute approximate surface area is 172 Å². The molecule has 2 amide bonds. The van der Waals surface area contributed by atoms with Gasteiger partial charge in [-0.1, -0.05) is 6.58 Å². The van der Waals surface area contributed by atoms with Crippen LogP contribution < -0.4 is 15.1 Å². The smallest absolute Gasteiger partial charge is 0.414 e. The van der Waals surface area contributed by atoms with Gasteiger partial charge in [0.25, 0.3) is 0 Å². The number of nitrogens with zero attached hydrogens (tertiary/aromatic N) is 2. The van der Waals surface area contributed by atoms with Crippen LogP contribution in [0.4, 0.5) is 25.0 Å². The molecule has 1 N–H and O–H groups in total. The molecule has 0 spiro atoms. The Morgan fingerprint density at radius 3 is 2.66 bits per heavy atom. The molecule has 0 bridgehead atoms. The van der Waals surface area contributed by atoms with E-state index in [0.717, 1.165) is 35.6 Å². The molecule has 3 fully saturated rings. The highest BCUT2D eigenvalue weighted by Gasteiger charge is 2.36. The quantitative estimate of drug-likeness (QED) is 0.761. The molecule has 1 saturated carbocycles. The van der Waals surface area contributed by atoms with Crippen LogP contribution in [0, 0.1) is 17.6 Å². The fraction of sp³-hybridized carbons (Fsp3) is 0.500. The van der Waals surface area contributed by atoms with E-state index in [0.29, 0.717) is 6.42 Å². The highest BCUT2D eigenvalue weighted by atomic mass is 32.2. The minimum absolute atomic E-state index is 0.0291. The number of benzene rings is 1. The lowest BCUT2D eigenvalue weighted by atomic mass is 10.1. The van der Waals surface area contributed by atoms with Crippen LogP contribution in [0.2, 0.25) is 0 Å². The molecule has 1 aromatic rings. The van der Waals surface area contributed by atoms with E-state index >= 15 is 0 Å². The summed E-state index contributed by atoms with van der Waals surface area (Å²) in [5.41, 5.74) is -0.0155. The third-order valence-corrected chi connectivity index (χ3v) is 6.61. The van der Waals surface area contributed by atoms with Crippen LogP contribution in [0.25, 0.3) is 0 Å². The van der Waals surface area contributed by atoms with Gasteiger partial charge in [-0.2, -0.15) is 0 Å². The van der Waals surface area contributed by atoms with Gasteiger partial charge in [0.15, 0.2) is 11.6 Å². The van der Waals surface area contributed by atoms with E-state index in [9.17, 15) is 18.4 Å². The minimum atomic E-state index is -0.733. The number of thioether (sulfide) groups is 1. The Morgan fingerprint density at radius 2 is 2.07 bits per heavy atom. The largest absolute Gasteiger partial charge is 0.442 e. The van der Waals surface area contributed by atoms with E-state index in [1.54, 1.807) is 23.7 Å². The van der Waals surface area contributed by atoms with E-state index < -0.39 is 23.8 Å². The second-order valence-electron chi connectivity index (χ2n) is 7.71. The zero-order valence-corrected chi connectivity index (χ0v) is 16.9. The number of ether oxygens (including phenoxy) is 1. The van der Waals surface area contributed by atoms with Gasteiger partial charge in [-0.3, -0.25) is 9.69 Å². The van der Waals surface area contributed by atoms with E-state index in [1.165, 1.54) is 4.90 Å². The van der Waals surface area contributed by atoms with Crippen molar-refractivity contribution in [3.8, 4) is 0 Å². The fourth-order valence-corrected chi connectivity index (χ4v) is 4.69. The summed E-state index contributed by atoms with van der Waals surface area (Å²) in [6.45, 7) is 4.22. The first-order chi connectivity index (χ1) is 13.8. The second-order valence-corrected chi connectivity index (χ2v) is 8.91. The number of hydrogen-bond acceptors (Lipinski definition) is 5. The van der Waals surface area contributed by atoms with Gasteiger partial charge in [0.1, 0.15) is 11.8 Å². The molecule has 29 heavy (non-hydrogen) atoms. The summed E-state index contributed by atoms with van der Waals surface area (Å²) in [5.74, 6) is -0.724. The normalized spacial score (nSPS) is 24.0.